The van der Waals surface area contributed by atoms with E-state index in [1.54, 1.807) is 13.1 Å². The maximum atomic E-state index is 11.1. The van der Waals surface area contributed by atoms with Crippen LogP contribution in [0.2, 0.25) is 0 Å². The van der Waals surface area contributed by atoms with E-state index in [1.165, 1.54) is 24.8 Å². The van der Waals surface area contributed by atoms with Gasteiger partial charge in [0.25, 0.3) is 0 Å². The fraction of sp³-hybridized carbons (Fsp3) is 0.643. The fourth-order valence-electron chi connectivity index (χ4n) is 2.26. The summed E-state index contributed by atoms with van der Waals surface area (Å²) >= 11 is 0. The van der Waals surface area contributed by atoms with Gasteiger partial charge in [0.1, 0.15) is 6.54 Å². The van der Waals surface area contributed by atoms with E-state index < -0.39 is 0 Å². The van der Waals surface area contributed by atoms with Crippen LogP contribution < -0.4 is 10.4 Å². The lowest BCUT2D eigenvalue weighted by Crippen LogP contribution is -2.15. The van der Waals surface area contributed by atoms with Gasteiger partial charge in [0.15, 0.2) is 12.4 Å². The summed E-state index contributed by atoms with van der Waals surface area (Å²) < 4.78 is 2.02. The molecule has 0 aromatic rings. The van der Waals surface area contributed by atoms with Crippen LogP contribution in [0.15, 0.2) is 23.6 Å². The molecule has 1 rings (SSSR count). The highest BCUT2D eigenvalue weighted by Gasteiger charge is 2.21. The normalized spacial score (nSPS) is 24.6. The van der Waals surface area contributed by atoms with E-state index in [4.69, 9.17) is 0 Å². The zero-order valence-corrected chi connectivity index (χ0v) is 11.2. The van der Waals surface area contributed by atoms with Crippen molar-refractivity contribution in [2.75, 3.05) is 20.1 Å². The van der Waals surface area contributed by atoms with Crippen LogP contribution in [0.3, 0.4) is 0 Å². The highest BCUT2D eigenvalue weighted by atomic mass is 16.3. The Bertz CT molecular complexity index is 325. The van der Waals surface area contributed by atoms with Crippen molar-refractivity contribution >= 4 is 6.21 Å². The van der Waals surface area contributed by atoms with Crippen LogP contribution in [0, 0.1) is 5.92 Å². The van der Waals surface area contributed by atoms with Crippen molar-refractivity contribution in [2.24, 2.45) is 5.92 Å². The number of nitrogens with one attached hydrogen (secondary N) is 1. The predicted molar refractivity (Wildman–Crippen MR) is 70.0 cm³/mol. The second-order valence-corrected chi connectivity index (χ2v) is 4.55. The third kappa shape index (κ3) is 4.73. The molecule has 1 saturated carbocycles. The highest BCUT2D eigenvalue weighted by molar-refractivity contribution is 5.61. The van der Waals surface area contributed by atoms with Gasteiger partial charge in [-0.25, -0.2) is 4.58 Å². The van der Waals surface area contributed by atoms with Gasteiger partial charge in [-0.3, -0.25) is 0 Å². The monoisotopic (exact) mass is 236 g/mol. The van der Waals surface area contributed by atoms with Crippen LogP contribution in [0.5, 0.6) is 0 Å². The third-order valence-corrected chi connectivity index (χ3v) is 3.11. The average molecular weight is 236 g/mol. The molecule has 0 radical (unpaired) electrons. The van der Waals surface area contributed by atoms with Gasteiger partial charge in [-0.1, -0.05) is 17.4 Å². The molecule has 0 aliphatic heterocycles. The topological polar surface area (TPSA) is 38.1 Å². The molecule has 1 aliphatic carbocycles. The van der Waals surface area contributed by atoms with Gasteiger partial charge < -0.3 is 10.4 Å². The molecule has 1 aliphatic rings. The van der Waals surface area contributed by atoms with E-state index in [0.717, 1.165) is 13.1 Å². The second-order valence-electron chi connectivity index (χ2n) is 4.55. The van der Waals surface area contributed by atoms with Crippen LogP contribution in [-0.4, -0.2) is 30.9 Å². The SMILES string of the molecule is CC[N+](C=C(C)[O-])=C[C@@H]1CCC/C1=C\CNC. The molecule has 3 heteroatoms. The highest BCUT2D eigenvalue weighted by Crippen LogP contribution is 2.29. The molecular formula is C14H24N2O. The van der Waals surface area contributed by atoms with E-state index in [9.17, 15) is 5.11 Å². The van der Waals surface area contributed by atoms with Crippen molar-refractivity contribution in [3.8, 4) is 0 Å². The maximum Gasteiger partial charge on any atom is 0.156 e. The number of rotatable bonds is 5. The van der Waals surface area contributed by atoms with Gasteiger partial charge in [-0.2, -0.15) is 0 Å². The first-order chi connectivity index (χ1) is 8.17. The molecule has 0 saturated heterocycles. The fourth-order valence-corrected chi connectivity index (χ4v) is 2.26. The van der Waals surface area contributed by atoms with Crippen molar-refractivity contribution in [3.63, 3.8) is 0 Å². The molecule has 1 atom stereocenters. The average Bonchev–Trinajstić information content (AvgIpc) is 2.72. The predicted octanol–water partition coefficient (Wildman–Crippen LogP) is 1.26. The van der Waals surface area contributed by atoms with Crippen molar-refractivity contribution in [3.05, 3.63) is 23.6 Å². The molecule has 17 heavy (non-hydrogen) atoms. The summed E-state index contributed by atoms with van der Waals surface area (Å²) in [7, 11) is 1.96. The van der Waals surface area contributed by atoms with Crippen LogP contribution >= 0.6 is 0 Å². The van der Waals surface area contributed by atoms with Crippen LogP contribution in [0.4, 0.5) is 0 Å². The van der Waals surface area contributed by atoms with Crippen molar-refractivity contribution in [1.82, 2.24) is 5.32 Å². The van der Waals surface area contributed by atoms with Crippen LogP contribution in [0.25, 0.3) is 0 Å². The first kappa shape index (κ1) is 14.0. The molecule has 0 aromatic heterocycles. The summed E-state index contributed by atoms with van der Waals surface area (Å²) in [5, 5.41) is 14.2. The van der Waals surface area contributed by atoms with E-state index in [2.05, 4.69) is 24.5 Å². The third-order valence-electron chi connectivity index (χ3n) is 3.11. The quantitative estimate of drug-likeness (QED) is 0.338. The van der Waals surface area contributed by atoms with Gasteiger partial charge >= 0.3 is 0 Å². The van der Waals surface area contributed by atoms with Crippen LogP contribution in [0.1, 0.15) is 33.1 Å². The summed E-state index contributed by atoms with van der Waals surface area (Å²) in [5.41, 5.74) is 1.51. The summed E-state index contributed by atoms with van der Waals surface area (Å²) in [4.78, 5) is 0. The first-order valence-corrected chi connectivity index (χ1v) is 6.47. The minimum Gasteiger partial charge on any atom is -0.872 e. The first-order valence-electron chi connectivity index (χ1n) is 6.47. The molecule has 1 N–H and O–H groups in total. The van der Waals surface area contributed by atoms with Gasteiger partial charge in [-0.15, -0.1) is 0 Å². The van der Waals surface area contributed by atoms with E-state index >= 15 is 0 Å². The van der Waals surface area contributed by atoms with Crippen LogP contribution in [-0.2, 0) is 0 Å². The molecule has 0 spiro atoms. The smallest absolute Gasteiger partial charge is 0.156 e. The Morgan fingerprint density at radius 2 is 2.35 bits per heavy atom. The summed E-state index contributed by atoms with van der Waals surface area (Å²) in [6.45, 7) is 5.46. The van der Waals surface area contributed by atoms with Gasteiger partial charge in [0.2, 0.25) is 0 Å². The van der Waals surface area contributed by atoms with Crippen molar-refractivity contribution in [1.29, 1.82) is 0 Å². The lowest BCUT2D eigenvalue weighted by Gasteiger charge is -2.07. The Kier molecular flexibility index (Phi) is 5.98. The molecular weight excluding hydrogens is 212 g/mol. The lowest BCUT2D eigenvalue weighted by molar-refractivity contribution is -0.461. The minimum absolute atomic E-state index is 0.113. The van der Waals surface area contributed by atoms with Gasteiger partial charge in [0.05, 0.1) is 5.92 Å². The molecule has 0 aromatic carbocycles. The largest absolute Gasteiger partial charge is 0.872 e. The van der Waals surface area contributed by atoms with E-state index in [-0.39, 0.29) is 5.76 Å². The molecule has 96 valence electrons. The number of likely N-dealkylation sites (N-methyl/N-ethyl adjacent to an activating group) is 1. The minimum atomic E-state index is 0.113. The number of nitrogens with zero attached hydrogens (tertiary/aromatic N) is 1. The maximum absolute atomic E-state index is 11.1. The van der Waals surface area contributed by atoms with Crippen molar-refractivity contribution in [2.45, 2.75) is 33.1 Å². The standard InChI is InChI=1S/C14H24N2O/c1-4-16(10-12(2)17)11-14-7-5-6-13(14)8-9-15-3/h8,10-11,14-15H,4-7,9H2,1-3H3/b12-10?,13-8+,16-11?/t14-/m0/s1. The molecule has 1 fully saturated rings. The molecule has 0 amide bonds. The zero-order valence-electron chi connectivity index (χ0n) is 11.2. The van der Waals surface area contributed by atoms with E-state index in [1.807, 2.05) is 11.6 Å². The van der Waals surface area contributed by atoms with Gasteiger partial charge in [-0.05, 0) is 40.2 Å². The summed E-state index contributed by atoms with van der Waals surface area (Å²) in [6, 6.07) is 0. The van der Waals surface area contributed by atoms with E-state index in [0.29, 0.717) is 5.92 Å². The lowest BCUT2D eigenvalue weighted by atomic mass is 10.0. The summed E-state index contributed by atoms with van der Waals surface area (Å²) in [6.07, 6.45) is 9.84. The molecule has 0 heterocycles. The van der Waals surface area contributed by atoms with Gasteiger partial charge in [0, 0.05) is 6.54 Å². The Morgan fingerprint density at radius 3 is 2.94 bits per heavy atom. The Labute approximate surface area is 105 Å². The number of allylic oxidation sites excluding steroid dienone is 2. The number of hydrogen-bond donors (Lipinski definition) is 1. The second kappa shape index (κ2) is 7.28. The molecule has 0 unspecified atom stereocenters. The molecule has 3 nitrogen and oxygen atoms in total. The summed E-state index contributed by atoms with van der Waals surface area (Å²) in [5.74, 6) is 0.626. The Balaban J connectivity index is 2.77. The zero-order chi connectivity index (χ0) is 12.7. The Hall–Kier alpha value is -1.09. The van der Waals surface area contributed by atoms with Crippen molar-refractivity contribution < 1.29 is 9.68 Å². The number of hydrogen-bond acceptors (Lipinski definition) is 2. The Morgan fingerprint density at radius 1 is 1.59 bits per heavy atom. The molecule has 0 bridgehead atoms.